The molecule has 8 aromatic carbocycles. The van der Waals surface area contributed by atoms with Crippen LogP contribution < -0.4 is 0 Å². The van der Waals surface area contributed by atoms with E-state index in [1.54, 1.807) is 0 Å². The lowest BCUT2D eigenvalue weighted by atomic mass is 9.94. The van der Waals surface area contributed by atoms with Crippen molar-refractivity contribution in [1.29, 1.82) is 0 Å². The number of benzene rings is 8. The van der Waals surface area contributed by atoms with Crippen molar-refractivity contribution in [3.8, 4) is 11.1 Å². The molecule has 0 saturated carbocycles. The van der Waals surface area contributed by atoms with Gasteiger partial charge in [-0.3, -0.25) is 4.99 Å². The maximum atomic E-state index is 6.61. The number of hydrogen-bond donors (Lipinski definition) is 0. The van der Waals surface area contributed by atoms with Crippen LogP contribution in [0.2, 0.25) is 0 Å². The summed E-state index contributed by atoms with van der Waals surface area (Å²) in [6.45, 7) is 4.32. The molecule has 0 amide bonds. The summed E-state index contributed by atoms with van der Waals surface area (Å²) < 4.78 is 12.9. The second kappa shape index (κ2) is 12.6. The van der Waals surface area contributed by atoms with Gasteiger partial charge in [0.05, 0.1) is 6.54 Å². The Morgan fingerprint density at radius 3 is 1.85 bits per heavy atom. The maximum absolute atomic E-state index is 6.61. The smallest absolute Gasteiger partial charge is 0.161 e. The Hall–Kier alpha value is -7.11. The molecule has 0 N–H and O–H groups in total. The average molecular weight is 682 g/mol. The Kier molecular flexibility index (Phi) is 7.29. The Bertz CT molecular complexity index is 3110. The zero-order valence-electron chi connectivity index (χ0n) is 28.7. The van der Waals surface area contributed by atoms with E-state index in [4.69, 9.17) is 18.8 Å². The Morgan fingerprint density at radius 1 is 0.472 bits per heavy atom. The highest BCUT2D eigenvalue weighted by Crippen LogP contribution is 2.43. The average Bonchev–Trinajstić information content (AvgIpc) is 3.80. The van der Waals surface area contributed by atoms with E-state index in [9.17, 15) is 0 Å². The van der Waals surface area contributed by atoms with Gasteiger partial charge in [0, 0.05) is 32.7 Å². The molecule has 0 fully saturated rings. The lowest BCUT2D eigenvalue weighted by Crippen LogP contribution is -2.06. The minimum absolute atomic E-state index is 0.405. The van der Waals surface area contributed by atoms with Crippen molar-refractivity contribution in [2.24, 2.45) is 15.0 Å². The summed E-state index contributed by atoms with van der Waals surface area (Å²) in [6, 6.07) is 56.0. The molecule has 250 valence electrons. The first-order valence-electron chi connectivity index (χ1n) is 17.6. The van der Waals surface area contributed by atoms with Gasteiger partial charge in [-0.2, -0.15) is 0 Å². The van der Waals surface area contributed by atoms with Crippen LogP contribution in [0.4, 0.5) is 0 Å². The summed E-state index contributed by atoms with van der Waals surface area (Å²) in [4.78, 5) is 14.9. The third-order valence-corrected chi connectivity index (χ3v) is 10.1. The van der Waals surface area contributed by atoms with Crippen LogP contribution in [-0.2, 0) is 6.54 Å². The molecular weight excluding hydrogens is 651 g/mol. The molecule has 10 aromatic rings. The van der Waals surface area contributed by atoms with Gasteiger partial charge in [-0.1, -0.05) is 133 Å². The fraction of sp³-hybridized carbons (Fsp3) is 0.0208. The van der Waals surface area contributed by atoms with Crippen molar-refractivity contribution in [3.05, 3.63) is 180 Å². The van der Waals surface area contributed by atoms with Gasteiger partial charge in [0.15, 0.2) is 11.7 Å². The fourth-order valence-electron chi connectivity index (χ4n) is 7.76. The predicted octanol–water partition coefficient (Wildman–Crippen LogP) is 12.6. The van der Waals surface area contributed by atoms with E-state index in [2.05, 4.69) is 103 Å². The summed E-state index contributed by atoms with van der Waals surface area (Å²) in [6.07, 6.45) is 0. The van der Waals surface area contributed by atoms with Crippen LogP contribution in [0.15, 0.2) is 188 Å². The molecule has 53 heavy (non-hydrogen) atoms. The summed E-state index contributed by atoms with van der Waals surface area (Å²) in [5.74, 6) is 1.04. The minimum Gasteiger partial charge on any atom is -0.456 e. The number of amidine groups is 2. The predicted molar refractivity (Wildman–Crippen MR) is 221 cm³/mol. The van der Waals surface area contributed by atoms with Gasteiger partial charge in [0.2, 0.25) is 0 Å². The monoisotopic (exact) mass is 681 g/mol. The highest BCUT2D eigenvalue weighted by Gasteiger charge is 2.21. The number of furan rings is 2. The van der Waals surface area contributed by atoms with Crippen LogP contribution in [0, 0.1) is 0 Å². The van der Waals surface area contributed by atoms with E-state index < -0.39 is 0 Å². The molecule has 2 heterocycles. The SMILES string of the molecule is C=NC(=NC(=NCc1cc2ccccc2c2ccccc12)c1cccc2oc3cccc(-c4cccc5oc6ccccc6c45)c3c12)c1ccccc1. The van der Waals surface area contributed by atoms with Gasteiger partial charge in [-0.15, -0.1) is 0 Å². The molecule has 5 heteroatoms. The van der Waals surface area contributed by atoms with Crippen LogP contribution in [0.5, 0.6) is 0 Å². The molecule has 0 unspecified atom stereocenters. The third kappa shape index (κ3) is 5.13. The Morgan fingerprint density at radius 2 is 1.06 bits per heavy atom. The lowest BCUT2D eigenvalue weighted by Gasteiger charge is -2.11. The van der Waals surface area contributed by atoms with Crippen molar-refractivity contribution in [2.75, 3.05) is 0 Å². The van der Waals surface area contributed by atoms with Gasteiger partial charge < -0.3 is 8.83 Å². The van der Waals surface area contributed by atoms with Crippen LogP contribution in [0.3, 0.4) is 0 Å². The van der Waals surface area contributed by atoms with Crippen molar-refractivity contribution < 1.29 is 8.83 Å². The number of nitrogens with zero attached hydrogens (tertiary/aromatic N) is 3. The normalized spacial score (nSPS) is 12.5. The quantitative estimate of drug-likeness (QED) is 0.103. The highest BCUT2D eigenvalue weighted by molar-refractivity contribution is 6.25. The first kappa shape index (κ1) is 30.7. The first-order valence-corrected chi connectivity index (χ1v) is 17.6. The van der Waals surface area contributed by atoms with Crippen LogP contribution in [0.1, 0.15) is 16.7 Å². The summed E-state index contributed by atoms with van der Waals surface area (Å²) in [7, 11) is 0. The molecule has 0 aliphatic rings. The standard InChI is InChI=1S/C48H31N3O2/c1-49-47(30-14-3-2-4-15-30)51-48(50-29-32-28-31-16-5-6-17-33(31)35-19-8-7-18-34(32)35)39-23-13-27-43-46(39)45-37(22-12-26-42(45)53-43)36-21-11-25-41-44(36)38-20-9-10-24-40(38)52-41/h2-28H,1,29H2. The summed E-state index contributed by atoms with van der Waals surface area (Å²) >= 11 is 0. The van der Waals surface area contributed by atoms with E-state index in [-0.39, 0.29) is 0 Å². The zero-order valence-corrected chi connectivity index (χ0v) is 28.7. The lowest BCUT2D eigenvalue weighted by molar-refractivity contribution is 0.668. The van der Waals surface area contributed by atoms with E-state index in [0.29, 0.717) is 18.2 Å². The number of hydrogen-bond acceptors (Lipinski definition) is 3. The van der Waals surface area contributed by atoms with Gasteiger partial charge in [-0.25, -0.2) is 9.98 Å². The van der Waals surface area contributed by atoms with Crippen molar-refractivity contribution in [3.63, 3.8) is 0 Å². The largest absolute Gasteiger partial charge is 0.456 e. The van der Waals surface area contributed by atoms with Gasteiger partial charge >= 0.3 is 0 Å². The number of fused-ring (bicyclic) bond motifs is 9. The number of aliphatic imine (C=N–C) groups is 3. The molecule has 0 saturated heterocycles. The highest BCUT2D eigenvalue weighted by atomic mass is 16.3. The Labute approximate surface area is 304 Å². The van der Waals surface area contributed by atoms with Crippen molar-refractivity contribution in [2.45, 2.75) is 6.54 Å². The molecule has 0 atom stereocenters. The zero-order chi connectivity index (χ0) is 35.3. The molecule has 0 spiro atoms. The molecule has 5 nitrogen and oxygen atoms in total. The fourth-order valence-corrected chi connectivity index (χ4v) is 7.76. The number of rotatable bonds is 5. The molecule has 2 aromatic heterocycles. The number of para-hydroxylation sites is 1. The molecule has 0 aliphatic carbocycles. The first-order chi connectivity index (χ1) is 26.2. The third-order valence-electron chi connectivity index (χ3n) is 10.1. The molecular formula is C48H31N3O2. The van der Waals surface area contributed by atoms with Gasteiger partial charge in [0.25, 0.3) is 0 Å². The van der Waals surface area contributed by atoms with Gasteiger partial charge in [0.1, 0.15) is 22.3 Å². The van der Waals surface area contributed by atoms with Crippen LogP contribution in [0.25, 0.3) is 76.5 Å². The topological polar surface area (TPSA) is 63.4 Å². The van der Waals surface area contributed by atoms with E-state index >= 15 is 0 Å². The van der Waals surface area contributed by atoms with E-state index in [1.807, 2.05) is 72.8 Å². The van der Waals surface area contributed by atoms with E-state index in [1.165, 1.54) is 16.2 Å². The van der Waals surface area contributed by atoms with Crippen molar-refractivity contribution >= 4 is 83.8 Å². The minimum atomic E-state index is 0.405. The van der Waals surface area contributed by atoms with Crippen LogP contribution in [-0.4, -0.2) is 18.4 Å². The van der Waals surface area contributed by atoms with Crippen LogP contribution >= 0.6 is 0 Å². The Balaban J connectivity index is 1.24. The maximum Gasteiger partial charge on any atom is 0.161 e. The van der Waals surface area contributed by atoms with Gasteiger partial charge in [-0.05, 0) is 75.3 Å². The van der Waals surface area contributed by atoms with Crippen molar-refractivity contribution in [1.82, 2.24) is 0 Å². The molecule has 0 radical (unpaired) electrons. The summed E-state index contributed by atoms with van der Waals surface area (Å²) in [5.41, 5.74) is 8.16. The molecule has 0 bridgehead atoms. The summed E-state index contributed by atoms with van der Waals surface area (Å²) in [5, 5.41) is 8.83. The molecule has 0 aliphatic heterocycles. The molecule has 10 rings (SSSR count). The van der Waals surface area contributed by atoms with E-state index in [0.717, 1.165) is 77.1 Å². The second-order valence-electron chi connectivity index (χ2n) is 13.1. The second-order valence-corrected chi connectivity index (χ2v) is 13.1.